The van der Waals surface area contributed by atoms with Crippen LogP contribution < -0.4 is 0 Å². The van der Waals surface area contributed by atoms with Crippen molar-refractivity contribution in [3.8, 4) is 0 Å². The summed E-state index contributed by atoms with van der Waals surface area (Å²) in [6, 6.07) is 0. The lowest BCUT2D eigenvalue weighted by atomic mass is 9.81. The van der Waals surface area contributed by atoms with E-state index in [1.54, 1.807) is 0 Å². The van der Waals surface area contributed by atoms with E-state index in [2.05, 4.69) is 13.8 Å². The average Bonchev–Trinajstić information content (AvgIpc) is 2.15. The molecular formula is C12H22O2. The highest BCUT2D eigenvalue weighted by Crippen LogP contribution is 2.34. The largest absolute Gasteiger partial charge is 0.481 e. The van der Waals surface area contributed by atoms with Crippen molar-refractivity contribution in [3.05, 3.63) is 0 Å². The first-order chi connectivity index (χ1) is 6.51. The van der Waals surface area contributed by atoms with E-state index in [1.165, 1.54) is 19.3 Å². The molecule has 0 radical (unpaired) electrons. The van der Waals surface area contributed by atoms with E-state index in [4.69, 9.17) is 5.11 Å². The van der Waals surface area contributed by atoms with Gasteiger partial charge in [0.15, 0.2) is 0 Å². The Morgan fingerprint density at radius 3 is 2.50 bits per heavy atom. The van der Waals surface area contributed by atoms with Gasteiger partial charge in [-0.25, -0.2) is 0 Å². The van der Waals surface area contributed by atoms with E-state index in [9.17, 15) is 4.79 Å². The summed E-state index contributed by atoms with van der Waals surface area (Å²) in [7, 11) is 0. The van der Waals surface area contributed by atoms with E-state index in [0.29, 0.717) is 5.41 Å². The van der Waals surface area contributed by atoms with Crippen molar-refractivity contribution in [2.75, 3.05) is 0 Å². The highest BCUT2D eigenvalue weighted by molar-refractivity contribution is 5.69. The Morgan fingerprint density at radius 2 is 1.86 bits per heavy atom. The van der Waals surface area contributed by atoms with Gasteiger partial charge in [-0.3, -0.25) is 4.79 Å². The molecule has 1 aliphatic rings. The van der Waals surface area contributed by atoms with Gasteiger partial charge in [-0.1, -0.05) is 33.1 Å². The van der Waals surface area contributed by atoms with Gasteiger partial charge < -0.3 is 5.11 Å². The molecule has 1 saturated carbocycles. The third-order valence-electron chi connectivity index (χ3n) is 3.42. The van der Waals surface area contributed by atoms with Crippen molar-refractivity contribution in [2.45, 2.75) is 58.8 Å². The van der Waals surface area contributed by atoms with Gasteiger partial charge in [0.2, 0.25) is 0 Å². The van der Waals surface area contributed by atoms with E-state index in [-0.39, 0.29) is 5.92 Å². The standard InChI is InChI=1S/C12H22O2/c1-12(2)8-5-3-4-6-10(7-9-12)11(13)14/h10H,3-9H2,1-2H3,(H,13,14). The van der Waals surface area contributed by atoms with Crippen LogP contribution in [-0.2, 0) is 4.79 Å². The quantitative estimate of drug-likeness (QED) is 0.700. The average molecular weight is 198 g/mol. The summed E-state index contributed by atoms with van der Waals surface area (Å²) in [5.41, 5.74) is 0.345. The summed E-state index contributed by atoms with van der Waals surface area (Å²) >= 11 is 0. The van der Waals surface area contributed by atoms with Gasteiger partial charge in [-0.2, -0.15) is 0 Å². The summed E-state index contributed by atoms with van der Waals surface area (Å²) in [6.07, 6.45) is 7.61. The molecule has 1 N–H and O–H groups in total. The maximum absolute atomic E-state index is 10.9. The zero-order valence-electron chi connectivity index (χ0n) is 9.38. The molecule has 0 aromatic carbocycles. The molecular weight excluding hydrogens is 176 g/mol. The Morgan fingerprint density at radius 1 is 1.14 bits per heavy atom. The van der Waals surface area contributed by atoms with Gasteiger partial charge in [0, 0.05) is 0 Å². The molecule has 1 unspecified atom stereocenters. The number of hydrogen-bond acceptors (Lipinski definition) is 1. The maximum Gasteiger partial charge on any atom is 0.306 e. The molecule has 0 heterocycles. The van der Waals surface area contributed by atoms with E-state index >= 15 is 0 Å². The Labute approximate surface area is 86.7 Å². The lowest BCUT2D eigenvalue weighted by Gasteiger charge is -2.24. The number of aliphatic carboxylic acids is 1. The molecule has 2 nitrogen and oxygen atoms in total. The highest BCUT2D eigenvalue weighted by Gasteiger charge is 2.24. The molecule has 1 rings (SSSR count). The van der Waals surface area contributed by atoms with Crippen LogP contribution in [0.2, 0.25) is 0 Å². The van der Waals surface area contributed by atoms with Crippen molar-refractivity contribution in [1.82, 2.24) is 0 Å². The van der Waals surface area contributed by atoms with Gasteiger partial charge in [0.1, 0.15) is 0 Å². The fourth-order valence-corrected chi connectivity index (χ4v) is 2.25. The number of carbonyl (C=O) groups is 1. The molecule has 1 atom stereocenters. The van der Waals surface area contributed by atoms with Crippen LogP contribution in [0.1, 0.15) is 58.8 Å². The summed E-state index contributed by atoms with van der Waals surface area (Å²) in [5, 5.41) is 9.02. The van der Waals surface area contributed by atoms with E-state index in [0.717, 1.165) is 25.7 Å². The molecule has 2 heteroatoms. The molecule has 14 heavy (non-hydrogen) atoms. The van der Waals surface area contributed by atoms with Crippen molar-refractivity contribution in [2.24, 2.45) is 11.3 Å². The van der Waals surface area contributed by atoms with Crippen LogP contribution in [-0.4, -0.2) is 11.1 Å². The van der Waals surface area contributed by atoms with Crippen LogP contribution in [0.3, 0.4) is 0 Å². The summed E-state index contributed by atoms with van der Waals surface area (Å²) in [4.78, 5) is 10.9. The van der Waals surface area contributed by atoms with Crippen LogP contribution in [0, 0.1) is 11.3 Å². The molecule has 0 bridgehead atoms. The molecule has 0 amide bonds. The first-order valence-electron chi connectivity index (χ1n) is 5.74. The third kappa shape index (κ3) is 3.69. The number of carboxylic acids is 1. The van der Waals surface area contributed by atoms with Crippen molar-refractivity contribution < 1.29 is 9.90 Å². The molecule has 82 valence electrons. The van der Waals surface area contributed by atoms with Gasteiger partial charge in [0.25, 0.3) is 0 Å². The lowest BCUT2D eigenvalue weighted by molar-refractivity contribution is -0.142. The first kappa shape index (κ1) is 11.5. The van der Waals surface area contributed by atoms with Crippen molar-refractivity contribution in [1.29, 1.82) is 0 Å². The van der Waals surface area contributed by atoms with Gasteiger partial charge in [-0.15, -0.1) is 0 Å². The minimum atomic E-state index is -0.595. The number of carboxylic acid groups (broad SMARTS) is 1. The monoisotopic (exact) mass is 198 g/mol. The first-order valence-corrected chi connectivity index (χ1v) is 5.74. The summed E-state index contributed by atoms with van der Waals surface area (Å²) < 4.78 is 0. The van der Waals surface area contributed by atoms with Crippen molar-refractivity contribution in [3.63, 3.8) is 0 Å². The molecule has 1 aliphatic carbocycles. The number of rotatable bonds is 1. The van der Waals surface area contributed by atoms with Crippen LogP contribution in [0.15, 0.2) is 0 Å². The Kier molecular flexibility index (Phi) is 3.97. The Bertz CT molecular complexity index is 196. The van der Waals surface area contributed by atoms with Crippen LogP contribution >= 0.6 is 0 Å². The third-order valence-corrected chi connectivity index (χ3v) is 3.42. The second kappa shape index (κ2) is 4.81. The SMILES string of the molecule is CC1(C)CCCCCC(C(=O)O)CC1. The lowest BCUT2D eigenvalue weighted by Crippen LogP contribution is -2.17. The molecule has 0 spiro atoms. The molecule has 0 aromatic heterocycles. The summed E-state index contributed by atoms with van der Waals surface area (Å²) in [5.74, 6) is -0.685. The topological polar surface area (TPSA) is 37.3 Å². The fourth-order valence-electron chi connectivity index (χ4n) is 2.25. The predicted molar refractivity (Wildman–Crippen MR) is 57.2 cm³/mol. The van der Waals surface area contributed by atoms with Crippen LogP contribution in [0.5, 0.6) is 0 Å². The zero-order chi connectivity index (χ0) is 10.6. The van der Waals surface area contributed by atoms with Crippen molar-refractivity contribution >= 4 is 5.97 Å². The van der Waals surface area contributed by atoms with E-state index in [1.807, 2.05) is 0 Å². The van der Waals surface area contributed by atoms with Gasteiger partial charge in [0.05, 0.1) is 5.92 Å². The van der Waals surface area contributed by atoms with Crippen LogP contribution in [0.25, 0.3) is 0 Å². The predicted octanol–water partition coefficient (Wildman–Crippen LogP) is 3.46. The minimum Gasteiger partial charge on any atom is -0.481 e. The normalized spacial score (nSPS) is 28.6. The maximum atomic E-state index is 10.9. The molecule has 0 saturated heterocycles. The fraction of sp³-hybridized carbons (Fsp3) is 0.917. The molecule has 1 fully saturated rings. The molecule has 0 aromatic rings. The highest BCUT2D eigenvalue weighted by atomic mass is 16.4. The molecule has 0 aliphatic heterocycles. The van der Waals surface area contributed by atoms with E-state index < -0.39 is 5.97 Å². The summed E-state index contributed by atoms with van der Waals surface area (Å²) in [6.45, 7) is 4.52. The smallest absolute Gasteiger partial charge is 0.306 e. The minimum absolute atomic E-state index is 0.0904. The Balaban J connectivity index is 2.54. The number of hydrogen-bond donors (Lipinski definition) is 1. The van der Waals surface area contributed by atoms with Crippen LogP contribution in [0.4, 0.5) is 0 Å². The second-order valence-corrected chi connectivity index (χ2v) is 5.34. The Hall–Kier alpha value is -0.530. The zero-order valence-corrected chi connectivity index (χ0v) is 9.38. The second-order valence-electron chi connectivity index (χ2n) is 5.34. The van der Waals surface area contributed by atoms with Gasteiger partial charge in [-0.05, 0) is 31.1 Å². The van der Waals surface area contributed by atoms with Gasteiger partial charge >= 0.3 is 5.97 Å².